The minimum absolute atomic E-state index is 0.0458. The molecule has 3 heterocycles. The van der Waals surface area contributed by atoms with Crippen LogP contribution in [0.15, 0.2) is 84.4 Å². The van der Waals surface area contributed by atoms with Crippen LogP contribution in [-0.2, 0) is 19.7 Å². The van der Waals surface area contributed by atoms with E-state index in [0.717, 1.165) is 27.4 Å². The van der Waals surface area contributed by atoms with Crippen molar-refractivity contribution in [3.05, 3.63) is 75.9 Å². The zero-order valence-corrected chi connectivity index (χ0v) is 24.0. The van der Waals surface area contributed by atoms with Crippen molar-refractivity contribution in [3.63, 3.8) is 0 Å². The number of aromatic nitrogens is 5. The molecule has 0 bridgehead atoms. The molecule has 0 radical (unpaired) electrons. The molecule has 0 aliphatic heterocycles. The minimum Gasteiger partial charge on any atom is -0.435 e. The van der Waals surface area contributed by atoms with Crippen molar-refractivity contribution < 1.29 is 30.0 Å². The predicted molar refractivity (Wildman–Crippen MR) is 143 cm³/mol. The van der Waals surface area contributed by atoms with Gasteiger partial charge in [0.1, 0.15) is 17.5 Å². The number of hydrogen-bond donors (Lipinski definition) is 0. The number of oxazole rings is 1. The highest BCUT2D eigenvalue weighted by Gasteiger charge is 2.44. The topological polar surface area (TPSA) is 147 Å². The molecule has 0 aliphatic rings. The summed E-state index contributed by atoms with van der Waals surface area (Å²) in [6, 6.07) is 12.1. The van der Waals surface area contributed by atoms with E-state index in [2.05, 4.69) is 31.0 Å². The molecule has 40 heavy (non-hydrogen) atoms. The molecule has 0 atom stereocenters. The molecule has 0 saturated carbocycles. The summed E-state index contributed by atoms with van der Waals surface area (Å²) in [5, 5.41) is 4.08. The summed E-state index contributed by atoms with van der Waals surface area (Å²) in [5.74, 6) is -0.748. The molecule has 11 nitrogen and oxygen atoms in total. The highest BCUT2D eigenvalue weighted by molar-refractivity contribution is 9.10. The van der Waals surface area contributed by atoms with Crippen molar-refractivity contribution in [1.82, 2.24) is 24.3 Å². The van der Waals surface area contributed by atoms with E-state index in [1.54, 1.807) is 24.3 Å². The van der Waals surface area contributed by atoms with Crippen LogP contribution in [0.1, 0.15) is 6.92 Å². The van der Waals surface area contributed by atoms with E-state index >= 15 is 0 Å². The van der Waals surface area contributed by atoms with Crippen LogP contribution in [0.3, 0.4) is 0 Å². The third kappa shape index (κ3) is 4.84. The summed E-state index contributed by atoms with van der Waals surface area (Å²) in [6.07, 6.45) is 1.26. The van der Waals surface area contributed by atoms with E-state index in [-0.39, 0.29) is 39.2 Å². The van der Waals surface area contributed by atoms with Gasteiger partial charge in [-0.15, -0.1) is 0 Å². The van der Waals surface area contributed by atoms with E-state index < -0.39 is 35.0 Å². The van der Waals surface area contributed by atoms with E-state index in [1.807, 2.05) is 0 Å². The Hall–Kier alpha value is -3.47. The van der Waals surface area contributed by atoms with Gasteiger partial charge in [-0.3, -0.25) is 0 Å². The average Bonchev–Trinajstić information content (AvgIpc) is 3.51. The van der Waals surface area contributed by atoms with Gasteiger partial charge in [-0.25, -0.2) is 36.2 Å². The lowest BCUT2D eigenvalue weighted by Gasteiger charge is -2.08. The minimum atomic E-state index is -5.24. The fraction of sp³-hybridized carbons (Fsp3) is 0.130. The van der Waals surface area contributed by atoms with Gasteiger partial charge in [0, 0.05) is 4.47 Å². The second-order valence-corrected chi connectivity index (χ2v) is 14.0. The van der Waals surface area contributed by atoms with Gasteiger partial charge in [0.25, 0.3) is 9.84 Å². The van der Waals surface area contributed by atoms with Gasteiger partial charge in [-0.05, 0) is 66.2 Å². The standard InChI is InChI=1S/C23H15BrClF2N5O6S2/c1-2-39(34,35)18-9-10-19(32-22(33)31(12-28-32)14-5-3-13(24)4-6-14)30-20(18)21-29-16-11-15(7-8-17(16)38-21)40(36,37)23(25,26)27/h3-12H,2H2,1H3. The van der Waals surface area contributed by atoms with Crippen molar-refractivity contribution in [2.24, 2.45) is 0 Å². The third-order valence-electron chi connectivity index (χ3n) is 5.73. The Labute approximate surface area is 238 Å². The number of sulfone groups is 2. The van der Waals surface area contributed by atoms with E-state index in [1.165, 1.54) is 30.0 Å². The zero-order valence-electron chi connectivity index (χ0n) is 20.0. The maximum absolute atomic E-state index is 13.5. The van der Waals surface area contributed by atoms with Gasteiger partial charge in [-0.1, -0.05) is 22.9 Å². The molecule has 208 valence electrons. The van der Waals surface area contributed by atoms with Crippen LogP contribution in [-0.4, -0.2) is 51.6 Å². The Morgan fingerprint density at radius 3 is 2.38 bits per heavy atom. The fourth-order valence-electron chi connectivity index (χ4n) is 3.66. The molecule has 0 saturated heterocycles. The normalized spacial score (nSPS) is 12.7. The molecule has 5 aromatic rings. The lowest BCUT2D eigenvalue weighted by atomic mass is 10.3. The molecular formula is C23H15BrClF2N5O6S2. The van der Waals surface area contributed by atoms with Crippen LogP contribution < -0.4 is 5.69 Å². The van der Waals surface area contributed by atoms with Gasteiger partial charge >= 0.3 is 10.4 Å². The summed E-state index contributed by atoms with van der Waals surface area (Å²) in [5.41, 5.74) is -0.623. The first kappa shape index (κ1) is 28.1. The highest BCUT2D eigenvalue weighted by Crippen LogP contribution is 2.35. The zero-order chi connectivity index (χ0) is 29.0. The summed E-state index contributed by atoms with van der Waals surface area (Å²) >= 11 is 8.08. The van der Waals surface area contributed by atoms with Crippen LogP contribution in [0.4, 0.5) is 8.78 Å². The Morgan fingerprint density at radius 2 is 1.73 bits per heavy atom. The third-order valence-corrected chi connectivity index (χ3v) is 10.1. The summed E-state index contributed by atoms with van der Waals surface area (Å²) < 4.78 is 80.8. The quantitative estimate of drug-likeness (QED) is 0.230. The average molecular weight is 675 g/mol. The van der Waals surface area contributed by atoms with E-state index in [9.17, 15) is 30.4 Å². The maximum Gasteiger partial charge on any atom is 0.427 e. The second-order valence-electron chi connectivity index (χ2n) is 8.19. The lowest BCUT2D eigenvalue weighted by molar-refractivity contribution is 0.187. The van der Waals surface area contributed by atoms with Crippen LogP contribution in [0.25, 0.3) is 34.2 Å². The molecule has 0 N–H and O–H groups in total. The monoisotopic (exact) mass is 673 g/mol. The number of halogens is 4. The largest absolute Gasteiger partial charge is 0.435 e. The SMILES string of the molecule is CCS(=O)(=O)c1ccc(-n2ncn(-c3ccc(Br)cc3)c2=O)nc1-c1nc2cc(S(=O)(=O)C(F)(F)Cl)ccc2o1. The number of hydrogen-bond acceptors (Lipinski definition) is 9. The number of alkyl halides is 3. The number of benzene rings is 2. The van der Waals surface area contributed by atoms with E-state index in [4.69, 9.17) is 16.0 Å². The number of nitrogens with zero attached hydrogens (tertiary/aromatic N) is 5. The molecule has 0 aliphatic carbocycles. The molecule has 3 aromatic heterocycles. The summed E-state index contributed by atoms with van der Waals surface area (Å²) in [7, 11) is -9.15. The Balaban J connectivity index is 1.67. The summed E-state index contributed by atoms with van der Waals surface area (Å²) in [4.78, 5) is 20.4. The highest BCUT2D eigenvalue weighted by atomic mass is 79.9. The first-order chi connectivity index (χ1) is 18.7. The van der Waals surface area contributed by atoms with Crippen molar-refractivity contribution in [2.45, 2.75) is 21.4 Å². The fourth-order valence-corrected chi connectivity index (χ4v) is 5.99. The summed E-state index contributed by atoms with van der Waals surface area (Å²) in [6.45, 7) is 1.41. The van der Waals surface area contributed by atoms with Crippen LogP contribution >= 0.6 is 27.5 Å². The van der Waals surface area contributed by atoms with Gasteiger partial charge < -0.3 is 4.42 Å². The van der Waals surface area contributed by atoms with Gasteiger partial charge in [-0.2, -0.15) is 18.6 Å². The van der Waals surface area contributed by atoms with E-state index in [0.29, 0.717) is 5.69 Å². The van der Waals surface area contributed by atoms with Gasteiger partial charge in [0.05, 0.1) is 21.2 Å². The van der Waals surface area contributed by atoms with Crippen LogP contribution in [0, 0.1) is 0 Å². The Kier molecular flexibility index (Phi) is 6.92. The molecular weight excluding hydrogens is 660 g/mol. The van der Waals surface area contributed by atoms with Crippen LogP contribution in [0.5, 0.6) is 0 Å². The Bertz CT molecular complexity index is 2050. The molecule has 17 heteroatoms. The van der Waals surface area contributed by atoms with Gasteiger partial charge in [0.2, 0.25) is 5.89 Å². The van der Waals surface area contributed by atoms with Crippen molar-refractivity contribution in [3.8, 4) is 23.1 Å². The molecule has 0 spiro atoms. The maximum atomic E-state index is 13.5. The molecule has 0 unspecified atom stereocenters. The number of fused-ring (bicyclic) bond motifs is 1. The van der Waals surface area contributed by atoms with Crippen LogP contribution in [0.2, 0.25) is 0 Å². The molecule has 0 fully saturated rings. The van der Waals surface area contributed by atoms with Crippen molar-refractivity contribution in [1.29, 1.82) is 0 Å². The number of pyridine rings is 1. The van der Waals surface area contributed by atoms with Gasteiger partial charge in [0.15, 0.2) is 21.2 Å². The first-order valence-electron chi connectivity index (χ1n) is 11.1. The van der Waals surface area contributed by atoms with Crippen molar-refractivity contribution >= 4 is 58.3 Å². The first-order valence-corrected chi connectivity index (χ1v) is 15.4. The predicted octanol–water partition coefficient (Wildman–Crippen LogP) is 4.35. The van der Waals surface area contributed by atoms with Crippen molar-refractivity contribution in [2.75, 3.05) is 5.75 Å². The smallest absolute Gasteiger partial charge is 0.427 e. The molecule has 0 amide bonds. The number of rotatable bonds is 7. The Morgan fingerprint density at radius 1 is 1.02 bits per heavy atom. The molecule has 5 rings (SSSR count). The second kappa shape index (κ2) is 9.87. The molecule has 2 aromatic carbocycles. The lowest BCUT2D eigenvalue weighted by Crippen LogP contribution is -2.23.